The van der Waals surface area contributed by atoms with Crippen LogP contribution in [0.25, 0.3) is 0 Å². The van der Waals surface area contributed by atoms with Crippen molar-refractivity contribution in [3.63, 3.8) is 0 Å². The van der Waals surface area contributed by atoms with Crippen LogP contribution in [0.5, 0.6) is 0 Å². The van der Waals surface area contributed by atoms with Crippen LogP contribution in [0.2, 0.25) is 0 Å². The van der Waals surface area contributed by atoms with Gasteiger partial charge in [0.1, 0.15) is 12.4 Å². The van der Waals surface area contributed by atoms with Crippen LogP contribution in [0.15, 0.2) is 16.5 Å². The summed E-state index contributed by atoms with van der Waals surface area (Å²) >= 11 is 0. The van der Waals surface area contributed by atoms with Crippen LogP contribution in [0, 0.1) is 0 Å². The second kappa shape index (κ2) is 2.64. The van der Waals surface area contributed by atoms with Crippen molar-refractivity contribution in [3.8, 4) is 0 Å². The van der Waals surface area contributed by atoms with Gasteiger partial charge in [0, 0.05) is 6.92 Å². The van der Waals surface area contributed by atoms with Gasteiger partial charge in [-0.25, -0.2) is 4.39 Å². The van der Waals surface area contributed by atoms with Gasteiger partial charge in [0.15, 0.2) is 11.5 Å². The largest absolute Gasteiger partial charge is 0.455 e. The molecule has 0 aliphatic rings. The molecule has 1 heterocycles. The summed E-state index contributed by atoms with van der Waals surface area (Å²) in [6, 6.07) is 2.92. The Hall–Kier alpha value is -1.12. The molecule has 10 heavy (non-hydrogen) atoms. The van der Waals surface area contributed by atoms with E-state index in [2.05, 4.69) is 0 Å². The summed E-state index contributed by atoms with van der Waals surface area (Å²) in [7, 11) is 0. The lowest BCUT2D eigenvalue weighted by atomic mass is 10.3. The number of halogens is 1. The van der Waals surface area contributed by atoms with Crippen molar-refractivity contribution >= 4 is 5.78 Å². The molecule has 0 atom stereocenters. The number of carbonyl (C=O) groups excluding carboxylic acids is 1. The lowest BCUT2D eigenvalue weighted by molar-refractivity contribution is 0.0984. The first-order valence-corrected chi connectivity index (χ1v) is 2.89. The Morgan fingerprint density at radius 3 is 2.70 bits per heavy atom. The van der Waals surface area contributed by atoms with E-state index in [1.165, 1.54) is 19.1 Å². The van der Waals surface area contributed by atoms with Crippen LogP contribution in [0.1, 0.15) is 23.2 Å². The predicted octanol–water partition coefficient (Wildman–Crippen LogP) is 1.95. The van der Waals surface area contributed by atoms with Gasteiger partial charge >= 0.3 is 0 Å². The zero-order chi connectivity index (χ0) is 7.56. The van der Waals surface area contributed by atoms with Gasteiger partial charge in [-0.3, -0.25) is 4.79 Å². The van der Waals surface area contributed by atoms with Gasteiger partial charge in [0.05, 0.1) is 0 Å². The van der Waals surface area contributed by atoms with Crippen molar-refractivity contribution in [2.24, 2.45) is 0 Å². The summed E-state index contributed by atoms with van der Waals surface area (Å²) in [5.41, 5.74) is 0. The first-order chi connectivity index (χ1) is 4.74. The number of Topliss-reactive ketones (excluding diaryl/α,β-unsaturated/α-hetero) is 1. The third-order valence-electron chi connectivity index (χ3n) is 1.14. The Labute approximate surface area is 57.6 Å². The van der Waals surface area contributed by atoms with Gasteiger partial charge in [-0.1, -0.05) is 0 Å². The van der Waals surface area contributed by atoms with E-state index >= 15 is 0 Å². The van der Waals surface area contributed by atoms with Crippen LogP contribution in [0.3, 0.4) is 0 Å². The minimum absolute atomic E-state index is 0.181. The molecule has 54 valence electrons. The maximum absolute atomic E-state index is 11.8. The summed E-state index contributed by atoms with van der Waals surface area (Å²) in [5, 5.41) is 0. The molecule has 1 aromatic heterocycles. The average molecular weight is 142 g/mol. The highest BCUT2D eigenvalue weighted by Crippen LogP contribution is 2.08. The summed E-state index contributed by atoms with van der Waals surface area (Å²) in [4.78, 5) is 10.6. The first kappa shape index (κ1) is 6.99. The number of alkyl halides is 1. The third kappa shape index (κ3) is 1.23. The molecule has 0 aliphatic heterocycles. The Morgan fingerprint density at radius 2 is 2.40 bits per heavy atom. The van der Waals surface area contributed by atoms with E-state index in [9.17, 15) is 9.18 Å². The highest BCUT2D eigenvalue weighted by atomic mass is 19.1. The number of rotatable bonds is 2. The molecule has 1 rings (SSSR count). The Bertz CT molecular complexity index is 240. The number of ketones is 1. The SMILES string of the molecule is CC(=O)c1ccc(CF)o1. The topological polar surface area (TPSA) is 30.2 Å². The Kier molecular flexibility index (Phi) is 1.85. The van der Waals surface area contributed by atoms with E-state index < -0.39 is 6.67 Å². The normalized spacial score (nSPS) is 9.80. The van der Waals surface area contributed by atoms with Crippen LogP contribution in [-0.2, 0) is 6.67 Å². The highest BCUT2D eigenvalue weighted by molar-refractivity contribution is 5.91. The van der Waals surface area contributed by atoms with Crippen molar-refractivity contribution in [1.29, 1.82) is 0 Å². The van der Waals surface area contributed by atoms with Gasteiger partial charge in [-0.15, -0.1) is 0 Å². The van der Waals surface area contributed by atoms with Crippen molar-refractivity contribution in [2.75, 3.05) is 0 Å². The molecule has 2 nitrogen and oxygen atoms in total. The molecule has 0 saturated carbocycles. The van der Waals surface area contributed by atoms with Gasteiger partial charge in [0.25, 0.3) is 0 Å². The fourth-order valence-corrected chi connectivity index (χ4v) is 0.639. The lowest BCUT2D eigenvalue weighted by Gasteiger charge is -1.85. The lowest BCUT2D eigenvalue weighted by Crippen LogP contribution is -1.86. The fraction of sp³-hybridized carbons (Fsp3) is 0.286. The molecular formula is C7H7FO2. The molecule has 0 saturated heterocycles. The summed E-state index contributed by atoms with van der Waals surface area (Å²) in [6.07, 6.45) is 0. The van der Waals surface area contributed by atoms with E-state index in [0.29, 0.717) is 0 Å². The fourth-order valence-electron chi connectivity index (χ4n) is 0.639. The van der Waals surface area contributed by atoms with Crippen LogP contribution < -0.4 is 0 Å². The molecule has 0 unspecified atom stereocenters. The molecule has 0 fully saturated rings. The smallest absolute Gasteiger partial charge is 0.194 e. The molecular weight excluding hydrogens is 135 g/mol. The standard InChI is InChI=1S/C7H7FO2/c1-5(9)7-3-2-6(4-8)10-7/h2-3H,4H2,1H3. The summed E-state index contributed by atoms with van der Waals surface area (Å²) in [5.74, 6) is 0.234. The molecule has 0 radical (unpaired) electrons. The van der Waals surface area contributed by atoms with Crippen LogP contribution >= 0.6 is 0 Å². The maximum Gasteiger partial charge on any atom is 0.194 e. The van der Waals surface area contributed by atoms with Gasteiger partial charge in [-0.05, 0) is 12.1 Å². The summed E-state index contributed by atoms with van der Waals surface area (Å²) < 4.78 is 16.6. The maximum atomic E-state index is 11.8. The van der Waals surface area contributed by atoms with Gasteiger partial charge in [-0.2, -0.15) is 0 Å². The number of hydrogen-bond donors (Lipinski definition) is 0. The highest BCUT2D eigenvalue weighted by Gasteiger charge is 2.04. The van der Waals surface area contributed by atoms with E-state index in [1.54, 1.807) is 0 Å². The minimum atomic E-state index is -0.659. The van der Waals surface area contributed by atoms with Crippen molar-refractivity contribution < 1.29 is 13.6 Å². The zero-order valence-electron chi connectivity index (χ0n) is 5.56. The zero-order valence-corrected chi connectivity index (χ0v) is 5.56. The van der Waals surface area contributed by atoms with Crippen LogP contribution in [0.4, 0.5) is 4.39 Å². The van der Waals surface area contributed by atoms with Gasteiger partial charge in [0.2, 0.25) is 0 Å². The Morgan fingerprint density at radius 1 is 1.70 bits per heavy atom. The van der Waals surface area contributed by atoms with Crippen molar-refractivity contribution in [2.45, 2.75) is 13.6 Å². The Balaban J connectivity index is 2.88. The number of furan rings is 1. The second-order valence-corrected chi connectivity index (χ2v) is 1.96. The predicted molar refractivity (Wildman–Crippen MR) is 33.5 cm³/mol. The molecule has 0 N–H and O–H groups in total. The number of carbonyl (C=O) groups is 1. The van der Waals surface area contributed by atoms with Gasteiger partial charge < -0.3 is 4.42 Å². The third-order valence-corrected chi connectivity index (χ3v) is 1.14. The molecule has 0 amide bonds. The molecule has 3 heteroatoms. The second-order valence-electron chi connectivity index (χ2n) is 1.96. The number of hydrogen-bond acceptors (Lipinski definition) is 2. The van der Waals surface area contributed by atoms with E-state index in [4.69, 9.17) is 4.42 Å². The van der Waals surface area contributed by atoms with Crippen molar-refractivity contribution in [3.05, 3.63) is 23.7 Å². The quantitative estimate of drug-likeness (QED) is 0.591. The molecule has 0 bridgehead atoms. The average Bonchev–Trinajstić information content (AvgIpc) is 2.34. The van der Waals surface area contributed by atoms with Crippen molar-refractivity contribution in [1.82, 2.24) is 0 Å². The molecule has 0 aromatic carbocycles. The first-order valence-electron chi connectivity index (χ1n) is 2.89. The molecule has 0 aliphatic carbocycles. The van der Waals surface area contributed by atoms with E-state index in [0.717, 1.165) is 0 Å². The minimum Gasteiger partial charge on any atom is -0.455 e. The molecule has 1 aromatic rings. The van der Waals surface area contributed by atoms with E-state index in [1.807, 2.05) is 0 Å². The van der Waals surface area contributed by atoms with Crippen LogP contribution in [-0.4, -0.2) is 5.78 Å². The molecule has 0 spiro atoms. The summed E-state index contributed by atoms with van der Waals surface area (Å²) in [6.45, 7) is 0.716. The monoisotopic (exact) mass is 142 g/mol. The van der Waals surface area contributed by atoms with E-state index in [-0.39, 0.29) is 17.3 Å².